The van der Waals surface area contributed by atoms with Gasteiger partial charge in [0.15, 0.2) is 0 Å². The topological polar surface area (TPSA) is 72.2 Å². The quantitative estimate of drug-likeness (QED) is 0.833. The minimum Gasteiger partial charge on any atom is -0.368 e. The third-order valence-corrected chi connectivity index (χ3v) is 4.11. The number of hydrogen-bond donors (Lipinski definition) is 2. The van der Waals surface area contributed by atoms with Gasteiger partial charge in [0, 0.05) is 10.5 Å². The Bertz CT molecular complexity index is 686. The average Bonchev–Trinajstić information content (AvgIpc) is 2.53. The van der Waals surface area contributed by atoms with Gasteiger partial charge in [-0.1, -0.05) is 36.4 Å². The molecule has 0 aliphatic rings. The lowest BCUT2D eigenvalue weighted by atomic mass is 10.0. The first-order chi connectivity index (χ1) is 10.5. The maximum atomic E-state index is 12.5. The van der Waals surface area contributed by atoms with Crippen molar-refractivity contribution < 1.29 is 9.59 Å². The van der Waals surface area contributed by atoms with E-state index in [9.17, 15) is 9.59 Å². The zero-order valence-electron chi connectivity index (χ0n) is 12.5. The van der Waals surface area contributed by atoms with Crippen molar-refractivity contribution in [2.24, 2.45) is 5.73 Å². The number of nitrogens with two attached hydrogens (primary N) is 1. The molecule has 0 bridgehead atoms. The lowest BCUT2D eigenvalue weighted by molar-refractivity contribution is -0.120. The van der Waals surface area contributed by atoms with Gasteiger partial charge in [-0.2, -0.15) is 0 Å². The average molecular weight is 314 g/mol. The molecule has 0 saturated carbocycles. The number of carbonyl (C=O) groups excluding carboxylic acids is 2. The summed E-state index contributed by atoms with van der Waals surface area (Å²) in [5.74, 6) is -0.890. The zero-order valence-corrected chi connectivity index (χ0v) is 13.3. The molecule has 3 N–H and O–H groups in total. The lowest BCUT2D eigenvalue weighted by Crippen LogP contribution is -2.37. The van der Waals surface area contributed by atoms with Gasteiger partial charge in [0.1, 0.15) is 6.04 Å². The van der Waals surface area contributed by atoms with Gasteiger partial charge >= 0.3 is 0 Å². The first kappa shape index (κ1) is 16.1. The van der Waals surface area contributed by atoms with E-state index in [-0.39, 0.29) is 5.91 Å². The highest BCUT2D eigenvalue weighted by molar-refractivity contribution is 7.98. The van der Waals surface area contributed by atoms with Crippen LogP contribution >= 0.6 is 11.8 Å². The van der Waals surface area contributed by atoms with E-state index in [4.69, 9.17) is 5.73 Å². The van der Waals surface area contributed by atoms with Crippen LogP contribution in [0.1, 0.15) is 27.5 Å². The monoisotopic (exact) mass is 314 g/mol. The fourth-order valence-electron chi connectivity index (χ4n) is 2.15. The summed E-state index contributed by atoms with van der Waals surface area (Å²) in [4.78, 5) is 25.2. The highest BCUT2D eigenvalue weighted by Crippen LogP contribution is 2.20. The van der Waals surface area contributed by atoms with Crippen LogP contribution in [0.3, 0.4) is 0 Å². The van der Waals surface area contributed by atoms with Crippen LogP contribution in [0.2, 0.25) is 0 Å². The molecule has 0 aromatic heterocycles. The highest BCUT2D eigenvalue weighted by Gasteiger charge is 2.21. The van der Waals surface area contributed by atoms with Crippen LogP contribution in [0.25, 0.3) is 0 Å². The molecular weight excluding hydrogens is 296 g/mol. The largest absolute Gasteiger partial charge is 0.368 e. The molecule has 0 aliphatic carbocycles. The summed E-state index contributed by atoms with van der Waals surface area (Å²) >= 11 is 1.56. The number of nitrogens with one attached hydrogen (secondary N) is 1. The van der Waals surface area contributed by atoms with Gasteiger partial charge in [-0.25, -0.2) is 0 Å². The highest BCUT2D eigenvalue weighted by atomic mass is 32.2. The molecule has 0 spiro atoms. The number of amides is 2. The summed E-state index contributed by atoms with van der Waals surface area (Å²) in [7, 11) is 0. The second kappa shape index (κ2) is 7.13. The molecule has 5 heteroatoms. The van der Waals surface area contributed by atoms with Crippen molar-refractivity contribution in [3.05, 3.63) is 65.2 Å². The van der Waals surface area contributed by atoms with Gasteiger partial charge in [-0.3, -0.25) is 9.59 Å². The van der Waals surface area contributed by atoms with E-state index in [1.165, 1.54) is 0 Å². The molecule has 0 radical (unpaired) electrons. The lowest BCUT2D eigenvalue weighted by Gasteiger charge is -2.17. The Hall–Kier alpha value is -2.27. The maximum Gasteiger partial charge on any atom is 0.252 e. The number of rotatable bonds is 5. The Balaban J connectivity index is 2.28. The van der Waals surface area contributed by atoms with Gasteiger partial charge in [-0.15, -0.1) is 11.8 Å². The number of benzene rings is 2. The van der Waals surface area contributed by atoms with Gasteiger partial charge in [-0.05, 0) is 36.4 Å². The molecule has 0 heterocycles. The predicted octanol–water partition coefficient (Wildman–Crippen LogP) is 2.67. The van der Waals surface area contributed by atoms with Crippen LogP contribution in [-0.4, -0.2) is 18.1 Å². The SMILES string of the molecule is CSc1ccc(C)c(C(=O)NC(C(N)=O)c2ccccc2)c1. The molecule has 2 aromatic rings. The molecule has 2 rings (SSSR count). The van der Waals surface area contributed by atoms with Gasteiger partial charge < -0.3 is 11.1 Å². The minimum atomic E-state index is -0.842. The van der Waals surface area contributed by atoms with E-state index in [0.29, 0.717) is 11.1 Å². The van der Waals surface area contributed by atoms with Crippen molar-refractivity contribution in [1.82, 2.24) is 5.32 Å². The summed E-state index contributed by atoms with van der Waals surface area (Å²) in [5.41, 5.74) is 7.50. The van der Waals surface area contributed by atoms with Gasteiger partial charge in [0.05, 0.1) is 0 Å². The van der Waals surface area contributed by atoms with E-state index in [2.05, 4.69) is 5.32 Å². The Kier molecular flexibility index (Phi) is 5.22. The number of primary amides is 1. The number of hydrogen-bond acceptors (Lipinski definition) is 3. The van der Waals surface area contributed by atoms with Crippen LogP contribution < -0.4 is 11.1 Å². The van der Waals surface area contributed by atoms with Crippen molar-refractivity contribution in [1.29, 1.82) is 0 Å². The second-order valence-corrected chi connectivity index (χ2v) is 5.78. The molecule has 1 atom stereocenters. The molecule has 2 amide bonds. The first-order valence-electron chi connectivity index (χ1n) is 6.82. The van der Waals surface area contributed by atoms with E-state index in [1.54, 1.807) is 36.0 Å². The van der Waals surface area contributed by atoms with Gasteiger partial charge in [0.25, 0.3) is 5.91 Å². The fraction of sp³-hybridized carbons (Fsp3) is 0.176. The minimum absolute atomic E-state index is 0.305. The Morgan fingerprint density at radius 2 is 1.82 bits per heavy atom. The van der Waals surface area contributed by atoms with Crippen molar-refractivity contribution in [2.75, 3.05) is 6.26 Å². The third kappa shape index (κ3) is 3.68. The summed E-state index contributed by atoms with van der Waals surface area (Å²) in [6.07, 6.45) is 1.95. The van der Waals surface area contributed by atoms with Gasteiger partial charge in [0.2, 0.25) is 5.91 Å². The van der Waals surface area contributed by atoms with E-state index in [0.717, 1.165) is 10.5 Å². The summed E-state index contributed by atoms with van der Waals surface area (Å²) in [6.45, 7) is 1.86. The standard InChI is InChI=1S/C17H18N2O2S/c1-11-8-9-13(22-2)10-14(11)17(21)19-15(16(18)20)12-6-4-3-5-7-12/h3-10,15H,1-2H3,(H2,18,20)(H,19,21). The van der Waals surface area contributed by atoms with E-state index >= 15 is 0 Å². The van der Waals surface area contributed by atoms with Crippen LogP contribution in [-0.2, 0) is 4.79 Å². The second-order valence-electron chi connectivity index (χ2n) is 4.90. The smallest absolute Gasteiger partial charge is 0.252 e. The predicted molar refractivity (Wildman–Crippen MR) is 88.8 cm³/mol. The summed E-state index contributed by atoms with van der Waals surface area (Å²) in [6, 6.07) is 13.8. The molecule has 114 valence electrons. The molecular formula is C17H18N2O2S. The van der Waals surface area contributed by atoms with Crippen LogP contribution in [0.4, 0.5) is 0 Å². The fourth-order valence-corrected chi connectivity index (χ4v) is 2.59. The maximum absolute atomic E-state index is 12.5. The molecule has 0 saturated heterocycles. The van der Waals surface area contributed by atoms with Crippen LogP contribution in [0, 0.1) is 6.92 Å². The normalized spacial score (nSPS) is 11.7. The van der Waals surface area contributed by atoms with Crippen molar-refractivity contribution in [3.8, 4) is 0 Å². The number of thioether (sulfide) groups is 1. The van der Waals surface area contributed by atoms with Crippen molar-refractivity contribution in [3.63, 3.8) is 0 Å². The molecule has 1 unspecified atom stereocenters. The van der Waals surface area contributed by atoms with Crippen LogP contribution in [0.15, 0.2) is 53.4 Å². The van der Waals surface area contributed by atoms with Crippen LogP contribution in [0.5, 0.6) is 0 Å². The van der Waals surface area contributed by atoms with Crippen molar-refractivity contribution in [2.45, 2.75) is 17.9 Å². The molecule has 4 nitrogen and oxygen atoms in total. The van der Waals surface area contributed by atoms with E-state index in [1.807, 2.05) is 37.4 Å². The molecule has 22 heavy (non-hydrogen) atoms. The first-order valence-corrected chi connectivity index (χ1v) is 8.05. The van der Waals surface area contributed by atoms with Crippen molar-refractivity contribution >= 4 is 23.6 Å². The molecule has 0 aliphatic heterocycles. The Morgan fingerprint density at radius 1 is 1.14 bits per heavy atom. The summed E-state index contributed by atoms with van der Waals surface area (Å²) < 4.78 is 0. The number of carbonyl (C=O) groups is 2. The number of aryl methyl sites for hydroxylation is 1. The third-order valence-electron chi connectivity index (χ3n) is 3.38. The molecule has 2 aromatic carbocycles. The molecule has 0 fully saturated rings. The zero-order chi connectivity index (χ0) is 16.1. The Morgan fingerprint density at radius 3 is 2.41 bits per heavy atom. The van der Waals surface area contributed by atoms with E-state index < -0.39 is 11.9 Å². The summed E-state index contributed by atoms with van der Waals surface area (Å²) in [5, 5.41) is 2.72. The Labute approximate surface area is 134 Å².